The first-order valence-corrected chi connectivity index (χ1v) is 9.10. The summed E-state index contributed by atoms with van der Waals surface area (Å²) in [6.45, 7) is 0. The van der Waals surface area contributed by atoms with Crippen molar-refractivity contribution < 1.29 is 13.6 Å². The summed E-state index contributed by atoms with van der Waals surface area (Å²) in [5, 5.41) is 7.68. The van der Waals surface area contributed by atoms with Crippen LogP contribution in [0.1, 0.15) is 6.42 Å². The van der Waals surface area contributed by atoms with Crippen LogP contribution in [-0.2, 0) is 4.79 Å². The van der Waals surface area contributed by atoms with Crippen molar-refractivity contribution in [3.05, 3.63) is 66.9 Å². The minimum Gasteiger partial charge on any atom is -0.326 e. The van der Waals surface area contributed by atoms with Crippen LogP contribution in [0.25, 0.3) is 28.0 Å². The molecule has 1 N–H and O–H groups in total. The van der Waals surface area contributed by atoms with E-state index in [0.29, 0.717) is 11.3 Å². The van der Waals surface area contributed by atoms with Gasteiger partial charge in [-0.05, 0) is 42.8 Å². The van der Waals surface area contributed by atoms with Crippen LogP contribution in [0.5, 0.6) is 0 Å². The number of pyridine rings is 2. The molecular weight excluding hydrogens is 376 g/mol. The van der Waals surface area contributed by atoms with Gasteiger partial charge in [0.1, 0.15) is 17.7 Å². The van der Waals surface area contributed by atoms with E-state index in [2.05, 4.69) is 20.4 Å². The molecule has 2 atom stereocenters. The molecule has 4 aromatic rings. The van der Waals surface area contributed by atoms with Gasteiger partial charge in [0.2, 0.25) is 5.91 Å². The van der Waals surface area contributed by atoms with Crippen LogP contribution >= 0.6 is 0 Å². The fraction of sp³-hybridized carbons (Fsp3) is 0.143. The zero-order valence-corrected chi connectivity index (χ0v) is 15.1. The number of hydrogen-bond donors (Lipinski definition) is 1. The highest BCUT2D eigenvalue weighted by Crippen LogP contribution is 2.35. The number of rotatable bonds is 4. The number of alkyl halides is 1. The summed E-state index contributed by atoms with van der Waals surface area (Å²) < 4.78 is 28.9. The maximum absolute atomic E-state index is 14.4. The highest BCUT2D eigenvalue weighted by molar-refractivity contribution is 5.95. The number of hydrogen-bond acceptors (Lipinski definition) is 4. The van der Waals surface area contributed by atoms with Gasteiger partial charge in [0, 0.05) is 35.2 Å². The van der Waals surface area contributed by atoms with Crippen molar-refractivity contribution in [2.45, 2.75) is 12.6 Å². The Bertz CT molecular complexity index is 1220. The maximum Gasteiger partial charge on any atom is 0.230 e. The Labute approximate surface area is 164 Å². The van der Waals surface area contributed by atoms with Gasteiger partial charge < -0.3 is 5.32 Å². The molecule has 0 bridgehead atoms. The molecule has 144 valence electrons. The lowest BCUT2D eigenvalue weighted by Gasteiger charge is -2.08. The third-order valence-corrected chi connectivity index (χ3v) is 4.83. The molecule has 1 aliphatic carbocycles. The lowest BCUT2D eigenvalue weighted by Crippen LogP contribution is -2.15. The van der Waals surface area contributed by atoms with Crippen molar-refractivity contribution in [2.24, 2.45) is 5.92 Å². The smallest absolute Gasteiger partial charge is 0.230 e. The summed E-state index contributed by atoms with van der Waals surface area (Å²) in [6, 6.07) is 11.6. The lowest BCUT2D eigenvalue weighted by molar-refractivity contribution is -0.117. The fourth-order valence-corrected chi connectivity index (χ4v) is 3.15. The van der Waals surface area contributed by atoms with E-state index < -0.39 is 23.8 Å². The molecule has 3 heterocycles. The summed E-state index contributed by atoms with van der Waals surface area (Å²) >= 11 is 0. The van der Waals surface area contributed by atoms with Gasteiger partial charge >= 0.3 is 0 Å². The third-order valence-electron chi connectivity index (χ3n) is 4.83. The molecular formula is C21H15F2N5O. The first-order valence-electron chi connectivity index (χ1n) is 9.10. The Balaban J connectivity index is 1.48. The van der Waals surface area contributed by atoms with Crippen LogP contribution in [0.2, 0.25) is 0 Å². The predicted octanol–water partition coefficient (Wildman–Crippen LogP) is 3.92. The largest absolute Gasteiger partial charge is 0.326 e. The van der Waals surface area contributed by atoms with E-state index in [4.69, 9.17) is 0 Å². The summed E-state index contributed by atoms with van der Waals surface area (Å²) in [4.78, 5) is 20.6. The van der Waals surface area contributed by atoms with Gasteiger partial charge in [-0.1, -0.05) is 6.07 Å². The van der Waals surface area contributed by atoms with Crippen molar-refractivity contribution >= 4 is 22.6 Å². The van der Waals surface area contributed by atoms with Gasteiger partial charge in [0.25, 0.3) is 0 Å². The van der Waals surface area contributed by atoms with Crippen molar-refractivity contribution in [1.29, 1.82) is 0 Å². The van der Waals surface area contributed by atoms with Crippen LogP contribution in [-0.4, -0.2) is 31.8 Å². The average molecular weight is 391 g/mol. The highest BCUT2D eigenvalue weighted by Gasteiger charge is 2.43. The van der Waals surface area contributed by atoms with E-state index in [9.17, 15) is 13.6 Å². The first kappa shape index (κ1) is 17.4. The van der Waals surface area contributed by atoms with Gasteiger partial charge in [-0.3, -0.25) is 9.78 Å². The first-order chi connectivity index (χ1) is 14.1. The monoisotopic (exact) mass is 391 g/mol. The Morgan fingerprint density at radius 2 is 2.03 bits per heavy atom. The number of carbonyl (C=O) groups excluding carboxylic acids is 1. The second-order valence-corrected chi connectivity index (χ2v) is 6.94. The number of nitrogens with zero attached hydrogens (tertiary/aromatic N) is 4. The Morgan fingerprint density at radius 1 is 1.17 bits per heavy atom. The average Bonchev–Trinajstić information content (AvgIpc) is 3.32. The van der Waals surface area contributed by atoms with Gasteiger partial charge in [-0.2, -0.15) is 0 Å². The molecule has 1 fully saturated rings. The number of benzene rings is 1. The molecule has 0 radical (unpaired) electrons. The van der Waals surface area contributed by atoms with Crippen LogP contribution in [0.3, 0.4) is 0 Å². The van der Waals surface area contributed by atoms with Crippen molar-refractivity contribution in [3.63, 3.8) is 0 Å². The summed E-state index contributed by atoms with van der Waals surface area (Å²) in [6.07, 6.45) is 4.17. The van der Waals surface area contributed by atoms with Crippen molar-refractivity contribution in [3.8, 4) is 16.9 Å². The second-order valence-electron chi connectivity index (χ2n) is 6.94. The van der Waals surface area contributed by atoms with Gasteiger partial charge in [-0.15, -0.1) is 5.10 Å². The Kier molecular flexibility index (Phi) is 4.04. The van der Waals surface area contributed by atoms with E-state index in [-0.39, 0.29) is 12.1 Å². The fourth-order valence-electron chi connectivity index (χ4n) is 3.15. The van der Waals surface area contributed by atoms with Crippen LogP contribution in [0.4, 0.5) is 14.5 Å². The number of amides is 1. The molecule has 8 heteroatoms. The Hall–Kier alpha value is -3.68. The van der Waals surface area contributed by atoms with E-state index in [1.54, 1.807) is 18.6 Å². The minimum absolute atomic E-state index is 0.160. The molecule has 1 saturated carbocycles. The topological polar surface area (TPSA) is 72.7 Å². The number of carbonyl (C=O) groups is 1. The van der Waals surface area contributed by atoms with E-state index in [1.807, 2.05) is 24.3 Å². The Morgan fingerprint density at radius 3 is 2.79 bits per heavy atom. The quantitative estimate of drug-likeness (QED) is 0.572. The number of halogens is 2. The van der Waals surface area contributed by atoms with Crippen LogP contribution < -0.4 is 5.32 Å². The van der Waals surface area contributed by atoms with Crippen LogP contribution in [0.15, 0.2) is 61.1 Å². The lowest BCUT2D eigenvalue weighted by atomic mass is 10.1. The van der Waals surface area contributed by atoms with Gasteiger partial charge in [0.15, 0.2) is 5.65 Å². The minimum atomic E-state index is -1.09. The molecule has 3 aromatic heterocycles. The zero-order chi connectivity index (χ0) is 20.0. The number of nitrogens with one attached hydrogen (secondary N) is 1. The van der Waals surface area contributed by atoms with Crippen molar-refractivity contribution in [1.82, 2.24) is 19.7 Å². The number of aromatic nitrogens is 4. The van der Waals surface area contributed by atoms with E-state index in [0.717, 1.165) is 16.6 Å². The molecule has 0 saturated heterocycles. The molecule has 0 spiro atoms. The molecule has 0 aliphatic heterocycles. The maximum atomic E-state index is 14.4. The molecule has 6 nitrogen and oxygen atoms in total. The standard InChI is InChI=1S/C21H15F2N5O/c22-16-5-4-14(26-21(29)15-9-17(15)23)8-19(16)28-11-13-7-12(10-25-20(13)27-28)18-3-1-2-6-24-18/h1-8,10-11,15,17H,9H2,(H,26,29)/t15?,17-/m0/s1. The molecule has 1 unspecified atom stereocenters. The van der Waals surface area contributed by atoms with E-state index >= 15 is 0 Å². The summed E-state index contributed by atoms with van der Waals surface area (Å²) in [5.74, 6) is -1.53. The molecule has 1 aromatic carbocycles. The molecule has 29 heavy (non-hydrogen) atoms. The normalized spacial score (nSPS) is 18.0. The third kappa shape index (κ3) is 3.33. The van der Waals surface area contributed by atoms with E-state index in [1.165, 1.54) is 22.9 Å². The zero-order valence-electron chi connectivity index (χ0n) is 15.1. The summed E-state index contributed by atoms with van der Waals surface area (Å²) in [5.41, 5.74) is 2.60. The number of anilines is 1. The molecule has 1 amide bonds. The SMILES string of the molecule is O=C(Nc1ccc(F)c(-n2cc3cc(-c4ccccn4)cnc3n2)c1)C1C[C@@H]1F. The second kappa shape index (κ2) is 6.73. The van der Waals surface area contributed by atoms with Crippen LogP contribution in [0, 0.1) is 11.7 Å². The van der Waals surface area contributed by atoms with Crippen molar-refractivity contribution in [2.75, 3.05) is 5.32 Å². The highest BCUT2D eigenvalue weighted by atomic mass is 19.1. The molecule has 1 aliphatic rings. The molecule has 5 rings (SSSR count). The van der Waals surface area contributed by atoms with Gasteiger partial charge in [-0.25, -0.2) is 18.4 Å². The van der Waals surface area contributed by atoms with Gasteiger partial charge in [0.05, 0.1) is 11.6 Å². The predicted molar refractivity (Wildman–Crippen MR) is 104 cm³/mol. The number of fused-ring (bicyclic) bond motifs is 1. The summed E-state index contributed by atoms with van der Waals surface area (Å²) in [7, 11) is 0.